The van der Waals surface area contributed by atoms with Crippen molar-refractivity contribution in [1.82, 2.24) is 14.5 Å². The molecule has 2 heterocycles. The van der Waals surface area contributed by atoms with Crippen molar-refractivity contribution in [1.29, 1.82) is 0 Å². The van der Waals surface area contributed by atoms with E-state index in [4.69, 9.17) is 35.4 Å². The quantitative estimate of drug-likeness (QED) is 0.597. The van der Waals surface area contributed by atoms with Gasteiger partial charge in [0.2, 0.25) is 0 Å². The number of imidazole rings is 1. The average molecular weight is 375 g/mol. The molecule has 1 aromatic carbocycles. The number of aromatic nitrogens is 3. The SMILES string of the molecule is S=c1[nH]c2cc(Br)cnc2n1-c1ccc(Cl)c(Cl)c1. The predicted molar refractivity (Wildman–Crippen MR) is 84.0 cm³/mol. The van der Waals surface area contributed by atoms with Crippen LogP contribution in [-0.4, -0.2) is 14.5 Å². The van der Waals surface area contributed by atoms with E-state index < -0.39 is 0 Å². The lowest BCUT2D eigenvalue weighted by Crippen LogP contribution is -1.95. The summed E-state index contributed by atoms with van der Waals surface area (Å²) in [4.78, 5) is 7.48. The highest BCUT2D eigenvalue weighted by Crippen LogP contribution is 2.27. The Bertz CT molecular complexity index is 841. The number of hydrogen-bond donors (Lipinski definition) is 1. The van der Waals surface area contributed by atoms with Gasteiger partial charge in [-0.05, 0) is 52.4 Å². The highest BCUT2D eigenvalue weighted by Gasteiger charge is 2.09. The van der Waals surface area contributed by atoms with Crippen LogP contribution in [0, 0.1) is 4.77 Å². The first-order valence-electron chi connectivity index (χ1n) is 5.28. The second-order valence-corrected chi connectivity index (χ2v) is 6.01. The smallest absolute Gasteiger partial charge is 0.183 e. The number of rotatable bonds is 1. The summed E-state index contributed by atoms with van der Waals surface area (Å²) in [5, 5.41) is 0.986. The molecule has 2 aromatic heterocycles. The fourth-order valence-electron chi connectivity index (χ4n) is 1.83. The molecule has 7 heteroatoms. The number of fused-ring (bicyclic) bond motifs is 1. The van der Waals surface area contributed by atoms with Gasteiger partial charge in [-0.1, -0.05) is 23.2 Å². The molecule has 0 aliphatic heterocycles. The Morgan fingerprint density at radius 3 is 2.74 bits per heavy atom. The van der Waals surface area contributed by atoms with Crippen LogP contribution in [0.15, 0.2) is 34.9 Å². The van der Waals surface area contributed by atoms with Gasteiger partial charge >= 0.3 is 0 Å². The predicted octanol–water partition coefficient (Wildman–Crippen LogP) is 5.15. The second-order valence-electron chi connectivity index (χ2n) is 3.89. The summed E-state index contributed by atoms with van der Waals surface area (Å²) in [5.41, 5.74) is 2.41. The Balaban J connectivity index is 2.32. The Morgan fingerprint density at radius 1 is 1.21 bits per heavy atom. The van der Waals surface area contributed by atoms with E-state index in [0.29, 0.717) is 14.8 Å². The number of aromatic amines is 1. The topological polar surface area (TPSA) is 33.6 Å². The number of halogens is 3. The zero-order valence-corrected chi connectivity index (χ0v) is 13.2. The third-order valence-corrected chi connectivity index (χ3v) is 4.11. The van der Waals surface area contributed by atoms with Crippen molar-refractivity contribution < 1.29 is 0 Å². The maximum Gasteiger partial charge on any atom is 0.183 e. The van der Waals surface area contributed by atoms with Gasteiger partial charge in [0.1, 0.15) is 0 Å². The lowest BCUT2D eigenvalue weighted by molar-refractivity contribution is 1.04. The molecular weight excluding hydrogens is 369 g/mol. The first-order valence-corrected chi connectivity index (χ1v) is 7.23. The van der Waals surface area contributed by atoms with E-state index in [1.54, 1.807) is 18.3 Å². The molecule has 0 fully saturated rings. The molecule has 3 nitrogen and oxygen atoms in total. The van der Waals surface area contributed by atoms with Gasteiger partial charge in [-0.2, -0.15) is 0 Å². The minimum atomic E-state index is 0.479. The van der Waals surface area contributed by atoms with Gasteiger partial charge in [-0.3, -0.25) is 4.57 Å². The third kappa shape index (κ3) is 2.31. The van der Waals surface area contributed by atoms with Crippen LogP contribution >= 0.6 is 51.3 Å². The van der Waals surface area contributed by atoms with Gasteiger partial charge in [-0.25, -0.2) is 4.98 Å². The monoisotopic (exact) mass is 373 g/mol. The molecule has 0 atom stereocenters. The van der Waals surface area contributed by atoms with E-state index in [1.165, 1.54) is 0 Å². The number of nitrogens with zero attached hydrogens (tertiary/aromatic N) is 2. The van der Waals surface area contributed by atoms with Gasteiger partial charge in [0.05, 0.1) is 21.2 Å². The van der Waals surface area contributed by atoms with Crippen LogP contribution in [0.5, 0.6) is 0 Å². The van der Waals surface area contributed by atoms with Gasteiger partial charge in [0, 0.05) is 10.7 Å². The van der Waals surface area contributed by atoms with Gasteiger partial charge < -0.3 is 4.98 Å². The molecule has 19 heavy (non-hydrogen) atoms. The Hall–Kier alpha value is -0.880. The molecule has 0 aliphatic rings. The van der Waals surface area contributed by atoms with Crippen molar-refractivity contribution in [3.63, 3.8) is 0 Å². The highest BCUT2D eigenvalue weighted by molar-refractivity contribution is 9.10. The van der Waals surface area contributed by atoms with Crippen molar-refractivity contribution in [3.8, 4) is 5.69 Å². The van der Waals surface area contributed by atoms with E-state index in [-0.39, 0.29) is 0 Å². The molecule has 1 N–H and O–H groups in total. The maximum absolute atomic E-state index is 6.04. The van der Waals surface area contributed by atoms with E-state index >= 15 is 0 Å². The Morgan fingerprint density at radius 2 is 2.00 bits per heavy atom. The lowest BCUT2D eigenvalue weighted by atomic mass is 10.3. The number of nitrogens with one attached hydrogen (secondary N) is 1. The molecule has 3 rings (SSSR count). The van der Waals surface area contributed by atoms with Crippen LogP contribution in [0.3, 0.4) is 0 Å². The summed E-state index contributed by atoms with van der Waals surface area (Å²) in [6, 6.07) is 7.27. The van der Waals surface area contributed by atoms with Crippen LogP contribution in [0.4, 0.5) is 0 Å². The fraction of sp³-hybridized carbons (Fsp3) is 0. The Kier molecular flexibility index (Phi) is 3.39. The molecule has 0 saturated carbocycles. The van der Waals surface area contributed by atoms with Crippen LogP contribution in [0.1, 0.15) is 0 Å². The first kappa shape index (κ1) is 13.1. The summed E-state index contributed by atoms with van der Waals surface area (Å²) < 4.78 is 3.26. The molecule has 0 spiro atoms. The molecule has 96 valence electrons. The fourth-order valence-corrected chi connectivity index (χ4v) is 2.76. The summed E-state index contributed by atoms with van der Waals surface area (Å²) in [6.45, 7) is 0. The van der Waals surface area contributed by atoms with Crippen molar-refractivity contribution in [2.45, 2.75) is 0 Å². The lowest BCUT2D eigenvalue weighted by Gasteiger charge is -2.05. The van der Waals surface area contributed by atoms with E-state index in [2.05, 4.69) is 25.9 Å². The zero-order valence-electron chi connectivity index (χ0n) is 9.32. The molecule has 0 unspecified atom stereocenters. The normalized spacial score (nSPS) is 11.1. The minimum Gasteiger partial charge on any atom is -0.329 e. The van der Waals surface area contributed by atoms with Crippen molar-refractivity contribution >= 4 is 62.5 Å². The van der Waals surface area contributed by atoms with Crippen molar-refractivity contribution in [2.75, 3.05) is 0 Å². The molecule has 0 amide bonds. The Labute approximate surface area is 132 Å². The van der Waals surface area contributed by atoms with Crippen LogP contribution < -0.4 is 0 Å². The average Bonchev–Trinajstić information content (AvgIpc) is 2.68. The van der Waals surface area contributed by atoms with Crippen LogP contribution in [0.25, 0.3) is 16.9 Å². The third-order valence-electron chi connectivity index (χ3n) is 2.65. The molecule has 0 bridgehead atoms. The zero-order chi connectivity index (χ0) is 13.6. The van der Waals surface area contributed by atoms with Crippen molar-refractivity contribution in [3.05, 3.63) is 49.8 Å². The minimum absolute atomic E-state index is 0.479. The standard InChI is InChI=1S/C12H6BrCl2N3S/c13-6-3-10-11(16-5-6)18(12(19)17-10)7-1-2-8(14)9(15)4-7/h1-5H,(H,17,19). The number of pyridine rings is 1. The van der Waals surface area contributed by atoms with Gasteiger partial charge in [0.15, 0.2) is 10.4 Å². The number of benzene rings is 1. The maximum atomic E-state index is 6.04. The van der Waals surface area contributed by atoms with E-state index in [9.17, 15) is 0 Å². The van der Waals surface area contributed by atoms with Gasteiger partial charge in [-0.15, -0.1) is 0 Å². The number of hydrogen-bond acceptors (Lipinski definition) is 2. The highest BCUT2D eigenvalue weighted by atomic mass is 79.9. The van der Waals surface area contributed by atoms with E-state index in [0.717, 1.165) is 21.3 Å². The summed E-state index contributed by atoms with van der Waals surface area (Å²) in [7, 11) is 0. The molecular formula is C12H6BrCl2N3S. The van der Waals surface area contributed by atoms with E-state index in [1.807, 2.05) is 16.7 Å². The first-order chi connectivity index (χ1) is 9.06. The largest absolute Gasteiger partial charge is 0.329 e. The summed E-state index contributed by atoms with van der Waals surface area (Å²) >= 11 is 20.7. The molecule has 0 saturated heterocycles. The second kappa shape index (κ2) is 4.90. The van der Waals surface area contributed by atoms with Gasteiger partial charge in [0.25, 0.3) is 0 Å². The van der Waals surface area contributed by atoms with Crippen LogP contribution in [-0.2, 0) is 0 Å². The van der Waals surface area contributed by atoms with Crippen LogP contribution in [0.2, 0.25) is 10.0 Å². The van der Waals surface area contributed by atoms with Crippen molar-refractivity contribution in [2.24, 2.45) is 0 Å². The molecule has 0 radical (unpaired) electrons. The molecule has 3 aromatic rings. The number of H-pyrrole nitrogens is 1. The molecule has 0 aliphatic carbocycles. The summed E-state index contributed by atoms with van der Waals surface area (Å²) in [5.74, 6) is 0. The summed E-state index contributed by atoms with van der Waals surface area (Å²) in [6.07, 6.45) is 1.72.